The third kappa shape index (κ3) is 5.72. The molecular weight excluding hydrogens is 375 g/mol. The number of ether oxygens (including phenoxy) is 1. The molecule has 6 heteroatoms. The van der Waals surface area contributed by atoms with Crippen LogP contribution in [0, 0.1) is 11.7 Å². The lowest BCUT2D eigenvalue weighted by molar-refractivity contribution is -0.144. The minimum absolute atomic E-state index is 0.167. The van der Waals surface area contributed by atoms with Gasteiger partial charge in [-0.25, -0.2) is 9.37 Å². The third-order valence-electron chi connectivity index (χ3n) is 3.92. The number of esters is 1. The van der Waals surface area contributed by atoms with E-state index in [-0.39, 0.29) is 17.7 Å². The van der Waals surface area contributed by atoms with Crippen LogP contribution in [0.5, 0.6) is 0 Å². The van der Waals surface area contributed by atoms with Crippen LogP contribution >= 0.6 is 15.9 Å². The molecule has 136 valence electrons. The minimum Gasteiger partial charge on any atom is -0.466 e. The lowest BCUT2D eigenvalue weighted by Gasteiger charge is -2.35. The lowest BCUT2D eigenvalue weighted by atomic mass is 9.94. The van der Waals surface area contributed by atoms with Gasteiger partial charge in [0.25, 0.3) is 0 Å². The Bertz CT molecular complexity index is 540. The molecule has 0 amide bonds. The van der Waals surface area contributed by atoms with Gasteiger partial charge in [-0.05, 0) is 48.0 Å². The molecule has 1 fully saturated rings. The molecule has 0 bridgehead atoms. The molecule has 1 saturated heterocycles. The van der Waals surface area contributed by atoms with Crippen LogP contribution in [-0.2, 0) is 16.0 Å². The van der Waals surface area contributed by atoms with E-state index in [0.29, 0.717) is 36.3 Å². The largest absolute Gasteiger partial charge is 0.466 e. The summed E-state index contributed by atoms with van der Waals surface area (Å²) >= 11 is 3.24. The lowest BCUT2D eigenvalue weighted by Crippen LogP contribution is -2.37. The van der Waals surface area contributed by atoms with Gasteiger partial charge in [-0.15, -0.1) is 0 Å². The molecule has 1 aromatic rings. The van der Waals surface area contributed by atoms with Gasteiger partial charge in [0.15, 0.2) is 5.82 Å². The number of anilines is 1. The fourth-order valence-electron chi connectivity index (χ4n) is 3.00. The van der Waals surface area contributed by atoms with Crippen molar-refractivity contribution in [3.8, 4) is 0 Å². The van der Waals surface area contributed by atoms with Crippen molar-refractivity contribution in [2.45, 2.75) is 53.4 Å². The fourth-order valence-corrected chi connectivity index (χ4v) is 3.41. The zero-order valence-corrected chi connectivity index (χ0v) is 16.7. The Labute approximate surface area is 152 Å². The van der Waals surface area contributed by atoms with Crippen molar-refractivity contribution in [3.05, 3.63) is 22.2 Å². The van der Waals surface area contributed by atoms with Crippen LogP contribution in [0.25, 0.3) is 0 Å². The third-order valence-corrected chi connectivity index (χ3v) is 4.32. The summed E-state index contributed by atoms with van der Waals surface area (Å²) < 4.78 is 19.9. The van der Waals surface area contributed by atoms with Gasteiger partial charge < -0.3 is 9.64 Å². The van der Waals surface area contributed by atoms with Gasteiger partial charge in [0.05, 0.1) is 24.4 Å². The maximum Gasteiger partial charge on any atom is 0.306 e. The molecule has 0 aromatic carbocycles. The SMILES string of the molecule is CC.CCOC(=O)CC1CCCN(c2c(F)cc(Br)nc2CC)C1. The molecule has 1 aliphatic rings. The van der Waals surface area contributed by atoms with Gasteiger partial charge in [0.2, 0.25) is 0 Å². The van der Waals surface area contributed by atoms with E-state index >= 15 is 0 Å². The summed E-state index contributed by atoms with van der Waals surface area (Å²) in [6.07, 6.45) is 2.99. The highest BCUT2D eigenvalue weighted by molar-refractivity contribution is 9.10. The van der Waals surface area contributed by atoms with Crippen LogP contribution in [-0.4, -0.2) is 30.6 Å². The first kappa shape index (κ1) is 20.9. The standard InChI is InChI=1S/C16H22BrFN2O2.C2H6/c1-3-13-16(12(18)9-14(17)19-13)20-7-5-6-11(10-20)8-15(21)22-4-2;1-2/h9,11H,3-8,10H2,1-2H3;1-2H3. The van der Waals surface area contributed by atoms with Crippen molar-refractivity contribution in [2.75, 3.05) is 24.6 Å². The molecule has 2 rings (SSSR count). The Morgan fingerprint density at radius 1 is 1.46 bits per heavy atom. The Morgan fingerprint density at radius 3 is 2.79 bits per heavy atom. The summed E-state index contributed by atoms with van der Waals surface area (Å²) in [5.41, 5.74) is 1.34. The van der Waals surface area contributed by atoms with Crippen LogP contribution in [0.2, 0.25) is 0 Å². The second-order valence-corrected chi connectivity index (χ2v) is 6.35. The molecule has 2 heterocycles. The molecular formula is C18H28BrFN2O2. The van der Waals surface area contributed by atoms with E-state index in [0.717, 1.165) is 25.1 Å². The summed E-state index contributed by atoms with van der Waals surface area (Å²) in [6, 6.07) is 1.41. The quantitative estimate of drug-likeness (QED) is 0.526. The molecule has 1 aromatic heterocycles. The van der Waals surface area contributed by atoms with Gasteiger partial charge in [-0.1, -0.05) is 20.8 Å². The molecule has 0 saturated carbocycles. The molecule has 0 spiro atoms. The zero-order chi connectivity index (χ0) is 18.1. The first-order valence-corrected chi connectivity index (χ1v) is 9.59. The van der Waals surface area contributed by atoms with Crippen molar-refractivity contribution < 1.29 is 13.9 Å². The smallest absolute Gasteiger partial charge is 0.306 e. The zero-order valence-electron chi connectivity index (χ0n) is 15.1. The highest BCUT2D eigenvalue weighted by atomic mass is 79.9. The molecule has 1 aliphatic heterocycles. The van der Waals surface area contributed by atoms with Crippen molar-refractivity contribution in [2.24, 2.45) is 5.92 Å². The summed E-state index contributed by atoms with van der Waals surface area (Å²) in [6.45, 7) is 9.65. The first-order valence-electron chi connectivity index (χ1n) is 8.80. The highest BCUT2D eigenvalue weighted by Gasteiger charge is 2.26. The maximum absolute atomic E-state index is 14.4. The second kappa shape index (κ2) is 10.6. The number of piperidine rings is 1. The summed E-state index contributed by atoms with van der Waals surface area (Å²) in [5.74, 6) is -0.212. The number of carbonyl (C=O) groups is 1. The molecule has 4 nitrogen and oxygen atoms in total. The first-order chi connectivity index (χ1) is 11.5. The van der Waals surface area contributed by atoms with Crippen LogP contribution in [0.1, 0.15) is 52.7 Å². The molecule has 1 atom stereocenters. The Hall–Kier alpha value is -1.17. The van der Waals surface area contributed by atoms with E-state index in [4.69, 9.17) is 4.74 Å². The number of halogens is 2. The number of hydrogen-bond acceptors (Lipinski definition) is 4. The van der Waals surface area contributed by atoms with Crippen LogP contribution in [0.15, 0.2) is 10.7 Å². The Kier molecular flexibility index (Phi) is 9.26. The Balaban J connectivity index is 0.00000139. The average Bonchev–Trinajstić information content (AvgIpc) is 2.56. The number of carbonyl (C=O) groups excluding carboxylic acids is 1. The van der Waals surface area contributed by atoms with Crippen LogP contribution in [0.3, 0.4) is 0 Å². The summed E-state index contributed by atoms with van der Waals surface area (Å²) in [7, 11) is 0. The van der Waals surface area contributed by atoms with Crippen molar-refractivity contribution >= 4 is 27.6 Å². The van der Waals surface area contributed by atoms with E-state index in [1.54, 1.807) is 0 Å². The summed E-state index contributed by atoms with van der Waals surface area (Å²) in [4.78, 5) is 18.1. The van der Waals surface area contributed by atoms with Crippen molar-refractivity contribution in [1.29, 1.82) is 0 Å². The van der Waals surface area contributed by atoms with Crippen molar-refractivity contribution in [3.63, 3.8) is 0 Å². The molecule has 0 radical (unpaired) electrons. The number of rotatable bonds is 5. The van der Waals surface area contributed by atoms with Crippen LogP contribution < -0.4 is 4.90 Å². The number of nitrogens with zero attached hydrogens (tertiary/aromatic N) is 2. The normalized spacial score (nSPS) is 17.1. The molecule has 0 N–H and O–H groups in total. The topological polar surface area (TPSA) is 42.4 Å². The number of aryl methyl sites for hydroxylation is 1. The van der Waals surface area contributed by atoms with Gasteiger partial charge >= 0.3 is 5.97 Å². The highest BCUT2D eigenvalue weighted by Crippen LogP contribution is 2.31. The fraction of sp³-hybridized carbons (Fsp3) is 0.667. The Morgan fingerprint density at radius 2 is 2.17 bits per heavy atom. The predicted molar refractivity (Wildman–Crippen MR) is 98.8 cm³/mol. The number of hydrogen-bond donors (Lipinski definition) is 0. The average molecular weight is 403 g/mol. The molecule has 24 heavy (non-hydrogen) atoms. The van der Waals surface area contributed by atoms with Gasteiger partial charge in [0.1, 0.15) is 4.60 Å². The second-order valence-electron chi connectivity index (χ2n) is 5.54. The van der Waals surface area contributed by atoms with E-state index in [1.807, 2.05) is 32.6 Å². The van der Waals surface area contributed by atoms with Gasteiger partial charge in [-0.3, -0.25) is 4.79 Å². The van der Waals surface area contributed by atoms with Crippen LogP contribution in [0.4, 0.5) is 10.1 Å². The van der Waals surface area contributed by atoms with Crippen molar-refractivity contribution in [1.82, 2.24) is 4.98 Å². The van der Waals surface area contributed by atoms with E-state index in [1.165, 1.54) is 6.07 Å². The number of aromatic nitrogens is 1. The van der Waals surface area contributed by atoms with E-state index in [2.05, 4.69) is 20.9 Å². The van der Waals surface area contributed by atoms with E-state index < -0.39 is 0 Å². The number of pyridine rings is 1. The monoisotopic (exact) mass is 402 g/mol. The summed E-state index contributed by atoms with van der Waals surface area (Å²) in [5, 5.41) is 0. The molecule has 0 aliphatic carbocycles. The van der Waals surface area contributed by atoms with E-state index in [9.17, 15) is 9.18 Å². The van der Waals surface area contributed by atoms with Gasteiger partial charge in [0, 0.05) is 19.2 Å². The van der Waals surface area contributed by atoms with Gasteiger partial charge in [-0.2, -0.15) is 0 Å². The predicted octanol–water partition coefficient (Wildman–Crippen LogP) is 4.74. The maximum atomic E-state index is 14.4. The molecule has 1 unspecified atom stereocenters. The minimum atomic E-state index is -0.254.